The van der Waals surface area contributed by atoms with Gasteiger partial charge in [0.05, 0.1) is 17.5 Å². The van der Waals surface area contributed by atoms with Gasteiger partial charge in [0, 0.05) is 18.5 Å². The van der Waals surface area contributed by atoms with Crippen LogP contribution in [0.15, 0.2) is 59.5 Å². The Balaban J connectivity index is 1.79. The molecule has 1 amide bonds. The van der Waals surface area contributed by atoms with Crippen LogP contribution in [-0.4, -0.2) is 15.9 Å². The van der Waals surface area contributed by atoms with Crippen LogP contribution in [0.2, 0.25) is 0 Å². The molecule has 8 heteroatoms. The minimum absolute atomic E-state index is 0.0230. The molecule has 130 valence electrons. The van der Waals surface area contributed by atoms with Gasteiger partial charge in [0.15, 0.2) is 16.7 Å². The van der Waals surface area contributed by atoms with Crippen LogP contribution in [0, 0.1) is 11.6 Å². The van der Waals surface area contributed by atoms with E-state index in [4.69, 9.17) is 4.42 Å². The third-order valence-corrected chi connectivity index (χ3v) is 4.70. The Morgan fingerprint density at radius 3 is 2.85 bits per heavy atom. The standard InChI is InChI=1S/C18H11F2N3O2S/c19-12-7-13(20)16-15(8-12)26-18(22-16)23(10-11-3-1-5-21-9-11)17(24)14-4-2-6-25-14/h1-9H,10H2. The van der Waals surface area contributed by atoms with Crippen molar-refractivity contribution in [1.29, 1.82) is 0 Å². The molecule has 0 fully saturated rings. The van der Waals surface area contributed by atoms with E-state index in [1.165, 1.54) is 23.3 Å². The summed E-state index contributed by atoms with van der Waals surface area (Å²) in [7, 11) is 0. The lowest BCUT2D eigenvalue weighted by Gasteiger charge is -2.18. The van der Waals surface area contributed by atoms with E-state index < -0.39 is 17.5 Å². The number of hydrogen-bond acceptors (Lipinski definition) is 5. The third kappa shape index (κ3) is 3.06. The number of fused-ring (bicyclic) bond motifs is 1. The molecule has 0 radical (unpaired) electrons. The summed E-state index contributed by atoms with van der Waals surface area (Å²) in [4.78, 5) is 22.4. The van der Waals surface area contributed by atoms with Gasteiger partial charge in [-0.3, -0.25) is 14.7 Å². The van der Waals surface area contributed by atoms with Gasteiger partial charge in [0.25, 0.3) is 5.91 Å². The Hall–Kier alpha value is -3.13. The average molecular weight is 371 g/mol. The Kier molecular flexibility index (Phi) is 4.18. The maximum absolute atomic E-state index is 14.0. The summed E-state index contributed by atoms with van der Waals surface area (Å²) in [5.74, 6) is -1.77. The van der Waals surface area contributed by atoms with Gasteiger partial charge in [0.1, 0.15) is 11.3 Å². The van der Waals surface area contributed by atoms with E-state index >= 15 is 0 Å². The molecule has 4 aromatic rings. The van der Waals surface area contributed by atoms with Crippen molar-refractivity contribution < 1.29 is 18.0 Å². The van der Waals surface area contributed by atoms with E-state index in [2.05, 4.69) is 9.97 Å². The van der Waals surface area contributed by atoms with E-state index in [1.54, 1.807) is 24.5 Å². The molecule has 0 aliphatic rings. The largest absolute Gasteiger partial charge is 0.459 e. The summed E-state index contributed by atoms with van der Waals surface area (Å²) < 4.78 is 33.0. The number of amides is 1. The number of carbonyl (C=O) groups excluding carboxylic acids is 1. The fraction of sp³-hybridized carbons (Fsp3) is 0.0556. The maximum Gasteiger partial charge on any atom is 0.296 e. The molecule has 0 atom stereocenters. The molecular weight excluding hydrogens is 360 g/mol. The fourth-order valence-corrected chi connectivity index (χ4v) is 3.50. The molecule has 0 saturated carbocycles. The number of benzene rings is 1. The molecular formula is C18H11F2N3O2S. The van der Waals surface area contributed by atoms with Gasteiger partial charge in [-0.2, -0.15) is 0 Å². The van der Waals surface area contributed by atoms with Gasteiger partial charge < -0.3 is 4.42 Å². The van der Waals surface area contributed by atoms with E-state index in [1.807, 2.05) is 6.07 Å². The Morgan fingerprint density at radius 1 is 1.23 bits per heavy atom. The van der Waals surface area contributed by atoms with E-state index in [9.17, 15) is 13.6 Å². The van der Waals surface area contributed by atoms with Crippen LogP contribution in [0.3, 0.4) is 0 Å². The topological polar surface area (TPSA) is 59.2 Å². The first-order chi connectivity index (χ1) is 12.6. The first-order valence-corrected chi connectivity index (χ1v) is 8.43. The Morgan fingerprint density at radius 2 is 2.12 bits per heavy atom. The highest BCUT2D eigenvalue weighted by molar-refractivity contribution is 7.22. The number of pyridine rings is 1. The minimum atomic E-state index is -0.769. The van der Waals surface area contributed by atoms with Crippen molar-refractivity contribution in [1.82, 2.24) is 9.97 Å². The first-order valence-electron chi connectivity index (χ1n) is 7.61. The van der Waals surface area contributed by atoms with Crippen molar-refractivity contribution in [2.75, 3.05) is 4.90 Å². The highest BCUT2D eigenvalue weighted by Crippen LogP contribution is 2.32. The van der Waals surface area contributed by atoms with E-state index in [0.717, 1.165) is 23.0 Å². The molecule has 5 nitrogen and oxygen atoms in total. The van der Waals surface area contributed by atoms with Gasteiger partial charge in [-0.05, 0) is 29.8 Å². The summed E-state index contributed by atoms with van der Waals surface area (Å²) in [6.07, 6.45) is 4.64. The van der Waals surface area contributed by atoms with Gasteiger partial charge >= 0.3 is 0 Å². The van der Waals surface area contributed by atoms with Crippen LogP contribution in [0.1, 0.15) is 16.1 Å². The Labute approximate surface area is 150 Å². The summed E-state index contributed by atoms with van der Waals surface area (Å²) >= 11 is 1.03. The third-order valence-electron chi connectivity index (χ3n) is 3.67. The second-order valence-corrected chi connectivity index (χ2v) is 6.47. The van der Waals surface area contributed by atoms with Gasteiger partial charge in [0.2, 0.25) is 0 Å². The maximum atomic E-state index is 14.0. The van der Waals surface area contributed by atoms with Crippen LogP contribution in [0.25, 0.3) is 10.2 Å². The van der Waals surface area contributed by atoms with E-state index in [-0.39, 0.29) is 23.0 Å². The number of thiazole rings is 1. The molecule has 0 N–H and O–H groups in total. The lowest BCUT2D eigenvalue weighted by atomic mass is 10.2. The molecule has 26 heavy (non-hydrogen) atoms. The molecule has 0 aliphatic carbocycles. The summed E-state index contributed by atoms with van der Waals surface area (Å²) in [6, 6.07) is 8.65. The highest BCUT2D eigenvalue weighted by atomic mass is 32.1. The van der Waals surface area contributed by atoms with Gasteiger partial charge in [-0.25, -0.2) is 13.8 Å². The number of furan rings is 1. The van der Waals surface area contributed by atoms with Crippen molar-refractivity contribution in [3.8, 4) is 0 Å². The van der Waals surface area contributed by atoms with Crippen LogP contribution < -0.4 is 4.90 Å². The molecule has 0 unspecified atom stereocenters. The number of hydrogen-bond donors (Lipinski definition) is 0. The monoisotopic (exact) mass is 371 g/mol. The minimum Gasteiger partial charge on any atom is -0.459 e. The second-order valence-electron chi connectivity index (χ2n) is 5.46. The molecule has 3 heterocycles. The molecule has 3 aromatic heterocycles. The second kappa shape index (κ2) is 6.64. The first kappa shape index (κ1) is 16.3. The molecule has 0 bridgehead atoms. The van der Waals surface area contributed by atoms with Gasteiger partial charge in [-0.15, -0.1) is 0 Å². The highest BCUT2D eigenvalue weighted by Gasteiger charge is 2.24. The number of aromatic nitrogens is 2. The molecule has 4 rings (SSSR count). The zero-order valence-corrected chi connectivity index (χ0v) is 14.0. The average Bonchev–Trinajstić information content (AvgIpc) is 3.29. The predicted octanol–water partition coefficient (Wildman–Crippen LogP) is 4.41. The lowest BCUT2D eigenvalue weighted by molar-refractivity contribution is 0.0958. The van der Waals surface area contributed by atoms with Crippen molar-refractivity contribution in [2.45, 2.75) is 6.54 Å². The molecule has 0 aliphatic heterocycles. The Bertz CT molecular complexity index is 1060. The van der Waals surface area contributed by atoms with Crippen LogP contribution in [0.4, 0.5) is 13.9 Å². The van der Waals surface area contributed by atoms with Crippen molar-refractivity contribution in [2.24, 2.45) is 0 Å². The number of carbonyl (C=O) groups is 1. The number of rotatable bonds is 4. The van der Waals surface area contributed by atoms with Crippen molar-refractivity contribution in [3.63, 3.8) is 0 Å². The van der Waals surface area contributed by atoms with Gasteiger partial charge in [-0.1, -0.05) is 17.4 Å². The zero-order valence-electron chi connectivity index (χ0n) is 13.2. The van der Waals surface area contributed by atoms with Crippen molar-refractivity contribution >= 4 is 32.6 Å². The summed E-state index contributed by atoms with van der Waals surface area (Å²) in [6.45, 7) is 0.164. The lowest BCUT2D eigenvalue weighted by Crippen LogP contribution is -2.30. The normalized spacial score (nSPS) is 11.0. The quantitative estimate of drug-likeness (QED) is 0.533. The number of anilines is 1. The molecule has 0 saturated heterocycles. The summed E-state index contributed by atoms with van der Waals surface area (Å²) in [5.41, 5.74) is 0.785. The number of nitrogens with zero attached hydrogens (tertiary/aromatic N) is 3. The predicted molar refractivity (Wildman–Crippen MR) is 93.0 cm³/mol. The smallest absolute Gasteiger partial charge is 0.296 e. The molecule has 1 aromatic carbocycles. The fourth-order valence-electron chi connectivity index (χ4n) is 2.49. The van der Waals surface area contributed by atoms with E-state index in [0.29, 0.717) is 4.70 Å². The van der Waals surface area contributed by atoms with Crippen molar-refractivity contribution in [3.05, 3.63) is 78.0 Å². The summed E-state index contributed by atoms with van der Waals surface area (Å²) in [5, 5.41) is 0.245. The van der Waals surface area contributed by atoms with Crippen LogP contribution >= 0.6 is 11.3 Å². The van der Waals surface area contributed by atoms with Crippen LogP contribution in [0.5, 0.6) is 0 Å². The molecule has 0 spiro atoms. The number of halogens is 2. The van der Waals surface area contributed by atoms with Crippen LogP contribution in [-0.2, 0) is 6.54 Å². The SMILES string of the molecule is O=C(c1ccco1)N(Cc1cccnc1)c1nc2c(F)cc(F)cc2s1. The zero-order chi connectivity index (χ0) is 18.1.